The molecule has 142 valence electrons. The molecule has 0 fully saturated rings. The number of nitrogens with two attached hydrogens (primary N) is 1. The number of nitriles is 1. The van der Waals surface area contributed by atoms with Gasteiger partial charge in [0.25, 0.3) is 0 Å². The summed E-state index contributed by atoms with van der Waals surface area (Å²) in [6.45, 7) is 1.86. The molecule has 2 aromatic carbocycles. The minimum atomic E-state index is 0.184. The number of hydrogen-bond donors (Lipinski definition) is 1. The molecule has 0 amide bonds. The van der Waals surface area contributed by atoms with Crippen LogP contribution in [0.3, 0.4) is 0 Å². The highest BCUT2D eigenvalue weighted by Crippen LogP contribution is 2.43. The number of methoxy groups -OCH3 is 3. The third kappa shape index (κ3) is 3.19. The van der Waals surface area contributed by atoms with Gasteiger partial charge < -0.3 is 19.9 Å². The summed E-state index contributed by atoms with van der Waals surface area (Å²) in [7, 11) is 4.76. The van der Waals surface area contributed by atoms with Crippen LogP contribution in [-0.2, 0) is 0 Å². The molecule has 2 N–H and O–H groups in total. The predicted molar refractivity (Wildman–Crippen MR) is 109 cm³/mol. The molecule has 3 aromatic rings. The molecule has 0 aliphatic carbocycles. The second-order valence-corrected chi connectivity index (χ2v) is 6.09. The van der Waals surface area contributed by atoms with Gasteiger partial charge in [-0.3, -0.25) is 0 Å². The van der Waals surface area contributed by atoms with E-state index in [1.54, 1.807) is 27.4 Å². The molecular formula is C22H21N3O3. The van der Waals surface area contributed by atoms with Crippen LogP contribution in [-0.4, -0.2) is 26.3 Å². The fourth-order valence-corrected chi connectivity index (χ4v) is 3.30. The zero-order valence-corrected chi connectivity index (χ0v) is 16.2. The van der Waals surface area contributed by atoms with Crippen LogP contribution in [0.15, 0.2) is 42.5 Å². The molecule has 6 heteroatoms. The summed E-state index contributed by atoms with van der Waals surface area (Å²) in [4.78, 5) is 4.40. The minimum Gasteiger partial charge on any atom is -0.496 e. The largest absolute Gasteiger partial charge is 0.496 e. The Bertz CT molecular complexity index is 1070. The van der Waals surface area contributed by atoms with Crippen molar-refractivity contribution in [1.29, 1.82) is 5.26 Å². The number of ether oxygens (including phenoxy) is 3. The number of nitrogens with zero attached hydrogens (tertiary/aromatic N) is 2. The van der Waals surface area contributed by atoms with Gasteiger partial charge in [-0.2, -0.15) is 5.26 Å². The van der Waals surface area contributed by atoms with Crippen LogP contribution < -0.4 is 19.9 Å². The minimum absolute atomic E-state index is 0.184. The average Bonchev–Trinajstić information content (AvgIpc) is 2.72. The molecule has 0 aliphatic rings. The van der Waals surface area contributed by atoms with E-state index in [2.05, 4.69) is 11.1 Å². The van der Waals surface area contributed by atoms with Crippen molar-refractivity contribution < 1.29 is 14.2 Å². The molecule has 0 unspecified atom stereocenters. The first kappa shape index (κ1) is 19.1. The van der Waals surface area contributed by atoms with Crippen molar-refractivity contribution in [2.75, 3.05) is 27.1 Å². The first-order chi connectivity index (χ1) is 13.5. The second kappa shape index (κ2) is 7.89. The van der Waals surface area contributed by atoms with Crippen LogP contribution in [0.5, 0.6) is 17.2 Å². The number of para-hydroxylation sites is 1. The topological polar surface area (TPSA) is 90.4 Å². The fourth-order valence-electron chi connectivity index (χ4n) is 3.30. The highest BCUT2D eigenvalue weighted by atomic mass is 16.5. The van der Waals surface area contributed by atoms with Crippen LogP contribution >= 0.6 is 0 Å². The van der Waals surface area contributed by atoms with E-state index in [1.807, 2.05) is 43.3 Å². The molecule has 28 heavy (non-hydrogen) atoms. The molecular weight excluding hydrogens is 354 g/mol. The lowest BCUT2D eigenvalue weighted by atomic mass is 9.89. The highest BCUT2D eigenvalue weighted by molar-refractivity contribution is 5.93. The fraction of sp³-hybridized carbons (Fsp3) is 0.182. The molecule has 0 bridgehead atoms. The number of anilines is 1. The van der Waals surface area contributed by atoms with Gasteiger partial charge in [0.05, 0.1) is 21.3 Å². The zero-order valence-electron chi connectivity index (χ0n) is 16.2. The molecule has 0 radical (unpaired) electrons. The van der Waals surface area contributed by atoms with Crippen molar-refractivity contribution in [3.8, 4) is 45.6 Å². The number of aryl methyl sites for hydroxylation is 1. The maximum Gasteiger partial charge on any atom is 0.161 e. The summed E-state index contributed by atoms with van der Waals surface area (Å²) in [6, 6.07) is 15.3. The molecule has 3 rings (SSSR count). The van der Waals surface area contributed by atoms with E-state index in [-0.39, 0.29) is 5.82 Å². The van der Waals surface area contributed by atoms with Gasteiger partial charge in [0.1, 0.15) is 23.2 Å². The lowest BCUT2D eigenvalue weighted by molar-refractivity contribution is 0.355. The number of hydrogen-bond acceptors (Lipinski definition) is 6. The van der Waals surface area contributed by atoms with Crippen LogP contribution in [0, 0.1) is 18.3 Å². The maximum atomic E-state index is 9.82. The van der Waals surface area contributed by atoms with Crippen molar-refractivity contribution in [3.05, 3.63) is 53.7 Å². The Kier molecular flexibility index (Phi) is 5.37. The first-order valence-electron chi connectivity index (χ1n) is 8.61. The SMILES string of the molecule is COc1ccc(-c2c(C#N)c(N)nc(C)c2-c2ccccc2OC)cc1OC. The van der Waals surface area contributed by atoms with E-state index in [1.165, 1.54) is 0 Å². The Labute approximate surface area is 164 Å². The molecule has 1 heterocycles. The van der Waals surface area contributed by atoms with E-state index in [0.29, 0.717) is 34.1 Å². The monoisotopic (exact) mass is 375 g/mol. The predicted octanol–water partition coefficient (Wildman–Crippen LogP) is 4.20. The van der Waals surface area contributed by atoms with Crippen molar-refractivity contribution in [2.45, 2.75) is 6.92 Å². The summed E-state index contributed by atoms with van der Waals surface area (Å²) in [5.41, 5.74) is 10.2. The molecule has 0 atom stereocenters. The number of aromatic nitrogens is 1. The highest BCUT2D eigenvalue weighted by Gasteiger charge is 2.22. The molecule has 1 aromatic heterocycles. The van der Waals surface area contributed by atoms with E-state index in [0.717, 1.165) is 16.7 Å². The average molecular weight is 375 g/mol. The molecule has 0 saturated heterocycles. The van der Waals surface area contributed by atoms with E-state index in [9.17, 15) is 5.26 Å². The van der Waals surface area contributed by atoms with Crippen molar-refractivity contribution in [3.63, 3.8) is 0 Å². The van der Waals surface area contributed by atoms with E-state index in [4.69, 9.17) is 19.9 Å². The Morgan fingerprint density at radius 2 is 1.57 bits per heavy atom. The number of nitrogen functional groups attached to an aromatic ring is 1. The lowest BCUT2D eigenvalue weighted by Crippen LogP contribution is -2.04. The quantitative estimate of drug-likeness (QED) is 0.719. The van der Waals surface area contributed by atoms with Crippen LogP contribution in [0.2, 0.25) is 0 Å². The van der Waals surface area contributed by atoms with Gasteiger partial charge in [0, 0.05) is 22.4 Å². The maximum absolute atomic E-state index is 9.82. The van der Waals surface area contributed by atoms with Gasteiger partial charge >= 0.3 is 0 Å². The van der Waals surface area contributed by atoms with Gasteiger partial charge in [-0.25, -0.2) is 4.98 Å². The van der Waals surface area contributed by atoms with Crippen molar-refractivity contribution in [2.24, 2.45) is 0 Å². The third-order valence-corrected chi connectivity index (χ3v) is 4.57. The van der Waals surface area contributed by atoms with E-state index < -0.39 is 0 Å². The Morgan fingerprint density at radius 3 is 2.21 bits per heavy atom. The number of benzene rings is 2. The third-order valence-electron chi connectivity index (χ3n) is 4.57. The molecule has 0 saturated carbocycles. The lowest BCUT2D eigenvalue weighted by Gasteiger charge is -2.19. The number of pyridine rings is 1. The number of rotatable bonds is 5. The van der Waals surface area contributed by atoms with Gasteiger partial charge in [0.15, 0.2) is 11.5 Å². The normalized spacial score (nSPS) is 10.2. The Hall–Kier alpha value is -3.72. The van der Waals surface area contributed by atoms with Crippen LogP contribution in [0.4, 0.5) is 5.82 Å². The summed E-state index contributed by atoms with van der Waals surface area (Å²) < 4.78 is 16.3. The Morgan fingerprint density at radius 1 is 0.893 bits per heavy atom. The Balaban J connectivity index is 2.42. The van der Waals surface area contributed by atoms with Crippen molar-refractivity contribution >= 4 is 5.82 Å². The van der Waals surface area contributed by atoms with Gasteiger partial charge in [-0.15, -0.1) is 0 Å². The standard InChI is InChI=1S/C22H21N3O3/c1-13-20(15-7-5-6-8-17(15)26-2)21(16(12-23)22(24)25-13)14-9-10-18(27-3)19(11-14)28-4/h5-11H,1-4H3,(H2,24,25). The zero-order chi connectivity index (χ0) is 20.3. The molecule has 0 aliphatic heterocycles. The van der Waals surface area contributed by atoms with Gasteiger partial charge in [0.2, 0.25) is 0 Å². The van der Waals surface area contributed by atoms with Crippen molar-refractivity contribution in [1.82, 2.24) is 4.98 Å². The summed E-state index contributed by atoms with van der Waals surface area (Å²) in [5, 5.41) is 9.82. The molecule has 0 spiro atoms. The van der Waals surface area contributed by atoms with Gasteiger partial charge in [-0.05, 0) is 30.7 Å². The first-order valence-corrected chi connectivity index (χ1v) is 8.61. The van der Waals surface area contributed by atoms with Crippen LogP contribution in [0.1, 0.15) is 11.3 Å². The van der Waals surface area contributed by atoms with Crippen LogP contribution in [0.25, 0.3) is 22.3 Å². The molecule has 6 nitrogen and oxygen atoms in total. The summed E-state index contributed by atoms with van der Waals surface area (Å²) in [5.74, 6) is 2.02. The smallest absolute Gasteiger partial charge is 0.161 e. The second-order valence-electron chi connectivity index (χ2n) is 6.09. The summed E-state index contributed by atoms with van der Waals surface area (Å²) >= 11 is 0. The van der Waals surface area contributed by atoms with Gasteiger partial charge in [-0.1, -0.05) is 24.3 Å². The van der Waals surface area contributed by atoms with E-state index >= 15 is 0 Å². The summed E-state index contributed by atoms with van der Waals surface area (Å²) in [6.07, 6.45) is 0.